The Balaban J connectivity index is 1.53. The number of nitriles is 1. The second-order valence-electron chi connectivity index (χ2n) is 8.13. The van der Waals surface area contributed by atoms with Gasteiger partial charge in [0.05, 0.1) is 23.0 Å². The van der Waals surface area contributed by atoms with Crippen LogP contribution < -0.4 is 5.32 Å². The van der Waals surface area contributed by atoms with Gasteiger partial charge in [-0.3, -0.25) is 4.57 Å². The summed E-state index contributed by atoms with van der Waals surface area (Å²) in [7, 11) is 4.16. The average Bonchev–Trinajstić information content (AvgIpc) is 3.39. The summed E-state index contributed by atoms with van der Waals surface area (Å²) < 4.78 is 4.43. The van der Waals surface area contributed by atoms with Crippen LogP contribution >= 0.6 is 0 Å². The van der Waals surface area contributed by atoms with E-state index >= 15 is 0 Å². The van der Waals surface area contributed by atoms with Gasteiger partial charge in [0.25, 0.3) is 0 Å². The lowest BCUT2D eigenvalue weighted by Gasteiger charge is -2.14. The molecule has 1 aliphatic heterocycles. The first-order valence-corrected chi connectivity index (χ1v) is 10.4. The molecule has 2 aromatic heterocycles. The third kappa shape index (κ3) is 3.60. The van der Waals surface area contributed by atoms with Crippen molar-refractivity contribution in [1.82, 2.24) is 19.0 Å². The molecule has 154 valence electrons. The minimum absolute atomic E-state index is 0.670. The van der Waals surface area contributed by atoms with Crippen molar-refractivity contribution in [2.45, 2.75) is 6.54 Å². The number of rotatable bonds is 5. The Morgan fingerprint density at radius 2 is 1.94 bits per heavy atom. The molecular formula is C25H24N6. The summed E-state index contributed by atoms with van der Waals surface area (Å²) in [4.78, 5) is 6.83. The molecule has 31 heavy (non-hydrogen) atoms. The largest absolute Gasteiger partial charge is 0.384 e. The van der Waals surface area contributed by atoms with Crippen molar-refractivity contribution in [3.8, 4) is 34.4 Å². The van der Waals surface area contributed by atoms with Gasteiger partial charge in [-0.25, -0.2) is 4.98 Å². The topological polar surface area (TPSA) is 61.8 Å². The zero-order valence-electron chi connectivity index (χ0n) is 17.7. The molecule has 0 unspecified atom stereocenters. The molecule has 4 aromatic rings. The number of fused-ring (bicyclic) bond motifs is 5. The summed E-state index contributed by atoms with van der Waals surface area (Å²) >= 11 is 0. The highest BCUT2D eigenvalue weighted by molar-refractivity contribution is 5.72. The summed E-state index contributed by atoms with van der Waals surface area (Å²) in [6, 6.07) is 18.6. The minimum atomic E-state index is 0.670. The average molecular weight is 409 g/mol. The molecule has 6 nitrogen and oxygen atoms in total. The van der Waals surface area contributed by atoms with Crippen LogP contribution in [0.1, 0.15) is 11.1 Å². The molecular weight excluding hydrogens is 384 g/mol. The van der Waals surface area contributed by atoms with Crippen molar-refractivity contribution < 1.29 is 0 Å². The van der Waals surface area contributed by atoms with Crippen LogP contribution in [0.25, 0.3) is 28.3 Å². The monoisotopic (exact) mass is 408 g/mol. The summed E-state index contributed by atoms with van der Waals surface area (Å²) in [5.74, 6) is 0.937. The molecule has 0 bridgehead atoms. The molecule has 0 aliphatic carbocycles. The van der Waals surface area contributed by atoms with Crippen LogP contribution in [0.4, 0.5) is 5.69 Å². The molecule has 0 fully saturated rings. The van der Waals surface area contributed by atoms with Gasteiger partial charge in [0, 0.05) is 49.5 Å². The van der Waals surface area contributed by atoms with E-state index in [4.69, 9.17) is 5.26 Å². The first-order chi connectivity index (χ1) is 15.1. The highest BCUT2D eigenvalue weighted by atomic mass is 15.1. The van der Waals surface area contributed by atoms with Crippen molar-refractivity contribution in [2.75, 3.05) is 32.5 Å². The minimum Gasteiger partial charge on any atom is -0.384 e. The number of hydrogen-bond acceptors (Lipinski definition) is 4. The molecule has 0 saturated heterocycles. The highest BCUT2D eigenvalue weighted by Crippen LogP contribution is 2.34. The summed E-state index contributed by atoms with van der Waals surface area (Å²) in [6.07, 6.45) is 6.06. The maximum atomic E-state index is 9.07. The number of likely N-dealkylation sites (N-methyl/N-ethyl adjacent to an activating group) is 1. The van der Waals surface area contributed by atoms with Crippen LogP contribution in [0.15, 0.2) is 67.1 Å². The van der Waals surface area contributed by atoms with Gasteiger partial charge in [0.15, 0.2) is 5.82 Å². The van der Waals surface area contributed by atoms with E-state index in [0.717, 1.165) is 53.7 Å². The van der Waals surface area contributed by atoms with Gasteiger partial charge in [-0.1, -0.05) is 12.1 Å². The Morgan fingerprint density at radius 1 is 1.10 bits per heavy atom. The molecule has 2 aromatic carbocycles. The molecule has 0 amide bonds. The lowest BCUT2D eigenvalue weighted by molar-refractivity contribution is 0.425. The fraction of sp³-hybridized carbons (Fsp3) is 0.200. The highest BCUT2D eigenvalue weighted by Gasteiger charge is 2.21. The molecule has 0 radical (unpaired) electrons. The maximum absolute atomic E-state index is 9.07. The van der Waals surface area contributed by atoms with E-state index in [-0.39, 0.29) is 0 Å². The molecule has 0 atom stereocenters. The number of hydrogen-bond donors (Lipinski definition) is 1. The lowest BCUT2D eigenvalue weighted by Crippen LogP contribution is -2.20. The van der Waals surface area contributed by atoms with Gasteiger partial charge >= 0.3 is 0 Å². The Morgan fingerprint density at radius 3 is 2.71 bits per heavy atom. The SMILES string of the molecule is CN(C)CCNc1ccc2c(c1)Cn1cc(-c3ccc(C#N)cc3)cc1-c1nccn1-2. The third-order valence-electron chi connectivity index (χ3n) is 5.68. The molecule has 3 heterocycles. The van der Waals surface area contributed by atoms with Gasteiger partial charge in [-0.05, 0) is 61.6 Å². The summed E-state index contributed by atoms with van der Waals surface area (Å²) in [5.41, 5.74) is 7.51. The first-order valence-electron chi connectivity index (χ1n) is 10.4. The fourth-order valence-corrected chi connectivity index (χ4v) is 4.08. The number of nitrogens with one attached hydrogen (secondary N) is 1. The summed E-state index contributed by atoms with van der Waals surface area (Å²) in [6.45, 7) is 2.66. The van der Waals surface area contributed by atoms with Crippen molar-refractivity contribution in [3.63, 3.8) is 0 Å². The maximum Gasteiger partial charge on any atom is 0.161 e. The Hall–Kier alpha value is -3.82. The van der Waals surface area contributed by atoms with Crippen molar-refractivity contribution in [2.24, 2.45) is 0 Å². The zero-order valence-corrected chi connectivity index (χ0v) is 17.7. The van der Waals surface area contributed by atoms with Crippen molar-refractivity contribution >= 4 is 5.69 Å². The molecule has 0 saturated carbocycles. The normalized spacial score (nSPS) is 11.9. The van der Waals surface area contributed by atoms with Gasteiger partial charge in [-0.15, -0.1) is 0 Å². The van der Waals surface area contributed by atoms with E-state index in [9.17, 15) is 0 Å². The van der Waals surface area contributed by atoms with Crippen LogP contribution in [-0.4, -0.2) is 46.2 Å². The Kier molecular flexibility index (Phi) is 4.81. The number of imidazole rings is 1. The smallest absolute Gasteiger partial charge is 0.161 e. The number of aromatic nitrogens is 3. The van der Waals surface area contributed by atoms with Crippen LogP contribution in [0, 0.1) is 11.3 Å². The van der Waals surface area contributed by atoms with Crippen LogP contribution in [0.5, 0.6) is 0 Å². The van der Waals surface area contributed by atoms with E-state index in [1.165, 1.54) is 5.56 Å². The molecule has 6 heteroatoms. The second-order valence-corrected chi connectivity index (χ2v) is 8.13. The van der Waals surface area contributed by atoms with E-state index in [1.54, 1.807) is 0 Å². The van der Waals surface area contributed by atoms with E-state index in [1.807, 2.05) is 36.7 Å². The van der Waals surface area contributed by atoms with Crippen molar-refractivity contribution in [3.05, 3.63) is 78.2 Å². The molecule has 0 spiro atoms. The van der Waals surface area contributed by atoms with E-state index < -0.39 is 0 Å². The first kappa shape index (κ1) is 19.2. The molecule has 1 aliphatic rings. The number of anilines is 1. The lowest BCUT2D eigenvalue weighted by atomic mass is 10.1. The predicted molar refractivity (Wildman–Crippen MR) is 123 cm³/mol. The Bertz CT molecular complexity index is 1270. The zero-order chi connectivity index (χ0) is 21.4. The fourth-order valence-electron chi connectivity index (χ4n) is 4.08. The van der Waals surface area contributed by atoms with E-state index in [2.05, 4.69) is 75.0 Å². The van der Waals surface area contributed by atoms with Gasteiger partial charge in [0.1, 0.15) is 0 Å². The predicted octanol–water partition coefficient (Wildman–Crippen LogP) is 4.21. The number of benzene rings is 2. The second kappa shape index (κ2) is 7.78. The van der Waals surface area contributed by atoms with Crippen LogP contribution in [0.3, 0.4) is 0 Å². The van der Waals surface area contributed by atoms with Gasteiger partial charge in [-0.2, -0.15) is 5.26 Å². The third-order valence-corrected chi connectivity index (χ3v) is 5.68. The Labute approximate surface area is 182 Å². The van der Waals surface area contributed by atoms with E-state index in [0.29, 0.717) is 5.56 Å². The van der Waals surface area contributed by atoms with Gasteiger partial charge < -0.3 is 14.8 Å². The molecule has 5 rings (SSSR count). The summed E-state index contributed by atoms with van der Waals surface area (Å²) in [5, 5.41) is 12.6. The van der Waals surface area contributed by atoms with Crippen molar-refractivity contribution in [1.29, 1.82) is 5.26 Å². The number of nitrogens with zero attached hydrogens (tertiary/aromatic N) is 5. The quantitative estimate of drug-likeness (QED) is 0.473. The van der Waals surface area contributed by atoms with Crippen LogP contribution in [-0.2, 0) is 6.54 Å². The standard InChI is InChI=1S/C25H24N6/c1-29(2)11-9-27-22-7-8-23-21(13-22)17-30-16-20(19-5-3-18(15-26)4-6-19)14-24(30)25-28-10-12-31(23)25/h3-8,10,12-14,16,27H,9,11,17H2,1-2H3. The molecule has 1 N–H and O–H groups in total. The van der Waals surface area contributed by atoms with Crippen LogP contribution in [0.2, 0.25) is 0 Å². The van der Waals surface area contributed by atoms with Gasteiger partial charge in [0.2, 0.25) is 0 Å².